The Bertz CT molecular complexity index is 2850. The van der Waals surface area contributed by atoms with E-state index in [9.17, 15) is 50.1 Å². The fraction of sp³-hybridized carbons (Fsp3) is 0.517. The number of aromatic hydroxyl groups is 2. The van der Waals surface area contributed by atoms with Crippen LogP contribution in [0.1, 0.15) is 114 Å². The van der Waals surface area contributed by atoms with Gasteiger partial charge in [-0.3, -0.25) is 0 Å². The van der Waals surface area contributed by atoms with Crippen molar-refractivity contribution in [1.29, 1.82) is 0 Å². The molecule has 444 valence electrons. The number of aliphatic hydroxyl groups is 5. The van der Waals surface area contributed by atoms with Gasteiger partial charge in [-0.05, 0) is 104 Å². The molecule has 2 fully saturated rings. The number of aryl methyl sites for hydroxylation is 1. The molecule has 19 nitrogen and oxygen atoms in total. The predicted molar refractivity (Wildman–Crippen MR) is 298 cm³/mol. The van der Waals surface area contributed by atoms with Gasteiger partial charge < -0.3 is 78.1 Å². The third-order valence-electron chi connectivity index (χ3n) is 14.7. The summed E-state index contributed by atoms with van der Waals surface area (Å²) in [4.78, 5) is 41.4. The van der Waals surface area contributed by atoms with Crippen molar-refractivity contribution in [3.8, 4) is 22.8 Å². The Balaban J connectivity index is 1.22. The first-order chi connectivity index (χ1) is 38.2. The highest BCUT2D eigenvalue weighted by Crippen LogP contribution is 2.45. The molecule has 81 heavy (non-hydrogen) atoms. The van der Waals surface area contributed by atoms with Gasteiger partial charge in [-0.25, -0.2) is 14.4 Å². The van der Waals surface area contributed by atoms with E-state index < -0.39 is 138 Å². The van der Waals surface area contributed by atoms with Crippen LogP contribution in [0, 0.1) is 12.8 Å². The van der Waals surface area contributed by atoms with E-state index in [1.54, 1.807) is 59.8 Å². The first-order valence-electron chi connectivity index (χ1n) is 26.9. The number of carbonyl (C=O) groups is 3. The van der Waals surface area contributed by atoms with E-state index in [2.05, 4.69) is 0 Å². The minimum atomic E-state index is -1.68. The van der Waals surface area contributed by atoms with E-state index in [4.69, 9.17) is 65.5 Å². The van der Waals surface area contributed by atoms with Gasteiger partial charge in [0.2, 0.25) is 0 Å². The van der Waals surface area contributed by atoms with E-state index in [1.165, 1.54) is 33.1 Å². The van der Waals surface area contributed by atoms with Crippen molar-refractivity contribution in [3.05, 3.63) is 128 Å². The molecule has 0 radical (unpaired) electrons. The summed E-state index contributed by atoms with van der Waals surface area (Å²) in [6, 6.07) is 10.7. The van der Waals surface area contributed by atoms with Crippen LogP contribution in [0.4, 0.5) is 0 Å². The van der Waals surface area contributed by atoms with Crippen molar-refractivity contribution in [2.75, 3.05) is 13.7 Å². The molecule has 0 saturated carbocycles. The first kappa shape index (κ1) is 64.8. The molecule has 1 aromatic heterocycles. The van der Waals surface area contributed by atoms with Crippen LogP contribution in [-0.4, -0.2) is 153 Å². The SMILES string of the molecule is CCc1c(Cl)c(O)c(Cl)c(O)c1C(=O)O[C@H]1[C@H](O)[C@H](OC)[C@H](OC/C2=C\C=C\C[C@H](O)/C(C)=C/[C@H](CC)[C@@H](O[C@@H]3OC(C)(C)[C@@H](O)[C@H](OC(=O)c4cc(-c5ccccc5)oc4C)[C@@H]3O)/C(C)=C/C(C)=C/C[C@@H]([C@@H](C)O)OC2=O)O[C@@H]1C. The number of cyclic esters (lactones) is 1. The van der Waals surface area contributed by atoms with Crippen LogP contribution in [-0.2, 0) is 49.1 Å². The molecule has 0 unspecified atom stereocenters. The molecular formula is C60H76Cl2O19. The third-order valence-corrected chi connectivity index (χ3v) is 15.5. The number of ether oxygens (including phenoxy) is 8. The Labute approximate surface area is 481 Å². The fourth-order valence-electron chi connectivity index (χ4n) is 9.87. The second-order valence-electron chi connectivity index (χ2n) is 21.1. The van der Waals surface area contributed by atoms with Crippen LogP contribution in [0.2, 0.25) is 10.0 Å². The quantitative estimate of drug-likeness (QED) is 0.0453. The third kappa shape index (κ3) is 15.2. The van der Waals surface area contributed by atoms with Crippen molar-refractivity contribution in [1.82, 2.24) is 0 Å². The van der Waals surface area contributed by atoms with Crippen molar-refractivity contribution >= 4 is 41.1 Å². The lowest BCUT2D eigenvalue weighted by atomic mass is 9.88. The van der Waals surface area contributed by atoms with Gasteiger partial charge in [-0.1, -0.05) is 103 Å². The van der Waals surface area contributed by atoms with Crippen molar-refractivity contribution in [2.45, 2.75) is 180 Å². The number of hydrogen-bond donors (Lipinski definition) is 7. The smallest absolute Gasteiger partial charge is 0.342 e. The van der Waals surface area contributed by atoms with Gasteiger partial charge in [0.15, 0.2) is 36.3 Å². The summed E-state index contributed by atoms with van der Waals surface area (Å²) in [6.45, 7) is 16.2. The Morgan fingerprint density at radius 1 is 0.877 bits per heavy atom. The molecule has 3 aliphatic heterocycles. The van der Waals surface area contributed by atoms with Gasteiger partial charge in [-0.2, -0.15) is 0 Å². The summed E-state index contributed by atoms with van der Waals surface area (Å²) in [7, 11) is 1.26. The molecule has 3 aliphatic rings. The number of esters is 3. The normalized spacial score (nSPS) is 32.2. The van der Waals surface area contributed by atoms with Crippen molar-refractivity contribution in [3.63, 3.8) is 0 Å². The van der Waals surface area contributed by atoms with Crippen LogP contribution in [0.3, 0.4) is 0 Å². The highest BCUT2D eigenvalue weighted by Gasteiger charge is 2.53. The van der Waals surface area contributed by atoms with Crippen LogP contribution in [0.15, 0.2) is 99.6 Å². The molecule has 2 saturated heterocycles. The lowest BCUT2D eigenvalue weighted by Gasteiger charge is -2.47. The summed E-state index contributed by atoms with van der Waals surface area (Å²) >= 11 is 12.3. The molecular weight excluding hydrogens is 1100 g/mol. The van der Waals surface area contributed by atoms with Crippen LogP contribution >= 0.6 is 23.2 Å². The Morgan fingerprint density at radius 3 is 2.20 bits per heavy atom. The molecule has 7 N–H and O–H groups in total. The maximum atomic E-state index is 14.1. The molecule has 0 aliphatic carbocycles. The maximum Gasteiger partial charge on any atom is 0.342 e. The summed E-state index contributed by atoms with van der Waals surface area (Å²) < 4.78 is 54.0. The van der Waals surface area contributed by atoms with Crippen LogP contribution < -0.4 is 0 Å². The first-order valence-corrected chi connectivity index (χ1v) is 27.6. The highest BCUT2D eigenvalue weighted by molar-refractivity contribution is 6.39. The van der Waals surface area contributed by atoms with Gasteiger partial charge in [0.25, 0.3) is 0 Å². The molecule has 0 spiro atoms. The number of aliphatic hydroxyl groups excluding tert-OH is 5. The number of benzene rings is 2. The molecule has 6 rings (SSSR count). The predicted octanol–water partition coefficient (Wildman–Crippen LogP) is 8.46. The summed E-state index contributed by atoms with van der Waals surface area (Å²) in [5.41, 5.74) is 0.954. The number of methoxy groups -OCH3 is 1. The van der Waals surface area contributed by atoms with E-state index >= 15 is 0 Å². The van der Waals surface area contributed by atoms with E-state index in [0.29, 0.717) is 28.9 Å². The Hall–Kier alpha value is -5.39. The molecule has 0 bridgehead atoms. The number of phenolic OH excluding ortho intramolecular Hbond substituents is 2. The molecule has 3 aromatic rings. The summed E-state index contributed by atoms with van der Waals surface area (Å²) in [5.74, 6) is -3.93. The summed E-state index contributed by atoms with van der Waals surface area (Å²) in [6.07, 6.45) is -6.17. The number of allylic oxidation sites excluding steroid dienone is 4. The van der Waals surface area contributed by atoms with Gasteiger partial charge in [0.1, 0.15) is 58.2 Å². The number of furan rings is 1. The minimum Gasteiger partial charge on any atom is -0.505 e. The number of hydrogen-bond acceptors (Lipinski definition) is 19. The Morgan fingerprint density at radius 2 is 1.56 bits per heavy atom. The maximum absolute atomic E-state index is 14.1. The molecule has 14 atom stereocenters. The second-order valence-corrected chi connectivity index (χ2v) is 21.9. The van der Waals surface area contributed by atoms with Crippen molar-refractivity contribution < 1.29 is 92.4 Å². The van der Waals surface area contributed by atoms with E-state index in [0.717, 1.165) is 5.56 Å². The topological polar surface area (TPSA) is 280 Å². The van der Waals surface area contributed by atoms with Crippen molar-refractivity contribution in [2.24, 2.45) is 5.92 Å². The zero-order valence-corrected chi connectivity index (χ0v) is 48.8. The number of halogens is 2. The standard InChI is InChI=1S/C60H76Cl2O19/c1-12-35-26-30(4)40(64)22-18-17-21-37(28-74-59-53(73-11)48(67)51(34(8)76-59)78-57(72)43-38(13-2)44(61)47(66)45(62)46(43)65)55(70)77-41(32(6)63)24-23-29(3)25-31(5)50(35)80-58-49(68)52(54(69)60(9,10)81-58)79-56(71)39-27-42(75-33(39)7)36-19-15-14-16-20-36/h14-21,23,25-27,32,34-35,40-41,48-54,58-59,63-69H,12-13,22,24,28H2,1-11H3/b18-17+,29-23+,30-26+,31-25+,37-21+/t32-,34-,35+,40+,41+,48+,49+,50+,51-,52-,53+,54+,58-,59-/m1/s1. The molecule has 2 aromatic carbocycles. The lowest BCUT2D eigenvalue weighted by molar-refractivity contribution is -0.330. The minimum absolute atomic E-state index is 0.0465. The molecule has 21 heteroatoms. The second kappa shape index (κ2) is 28.3. The average molecular weight is 1170 g/mol. The van der Waals surface area contributed by atoms with Gasteiger partial charge in [0, 0.05) is 25.0 Å². The van der Waals surface area contributed by atoms with E-state index in [-0.39, 0.29) is 46.7 Å². The lowest BCUT2D eigenvalue weighted by Crippen LogP contribution is -2.64. The fourth-order valence-corrected chi connectivity index (χ4v) is 10.4. The highest BCUT2D eigenvalue weighted by atomic mass is 35.5. The zero-order valence-electron chi connectivity index (χ0n) is 47.3. The van der Waals surface area contributed by atoms with Gasteiger partial charge in [0.05, 0.1) is 47.2 Å². The van der Waals surface area contributed by atoms with Crippen LogP contribution in [0.25, 0.3) is 11.3 Å². The Kier molecular flexibility index (Phi) is 22.6. The molecule has 0 amide bonds. The summed E-state index contributed by atoms with van der Waals surface area (Å²) in [5, 5.41) is 77.6. The largest absolute Gasteiger partial charge is 0.505 e. The van der Waals surface area contributed by atoms with Crippen LogP contribution in [0.5, 0.6) is 11.5 Å². The average Bonchev–Trinajstić information content (AvgIpc) is 3.83. The molecule has 4 heterocycles. The van der Waals surface area contributed by atoms with E-state index in [1.807, 2.05) is 56.3 Å². The van der Waals surface area contributed by atoms with Gasteiger partial charge >= 0.3 is 17.9 Å². The number of carbonyl (C=O) groups excluding carboxylic acids is 3. The zero-order chi connectivity index (χ0) is 59.8. The van der Waals surface area contributed by atoms with Gasteiger partial charge in [-0.15, -0.1) is 0 Å². The number of rotatable bonds is 14. The monoisotopic (exact) mass is 1170 g/mol. The number of phenols is 2.